The van der Waals surface area contributed by atoms with Gasteiger partial charge in [-0.15, -0.1) is 0 Å². The number of amides is 1. The molecule has 7 nitrogen and oxygen atoms in total. The first-order chi connectivity index (χ1) is 8.96. The molecule has 1 N–H and O–H groups in total. The van der Waals surface area contributed by atoms with Crippen LogP contribution in [-0.2, 0) is 24.2 Å². The lowest BCUT2D eigenvalue weighted by Gasteiger charge is -2.38. The summed E-state index contributed by atoms with van der Waals surface area (Å²) in [6.07, 6.45) is 0. The van der Waals surface area contributed by atoms with Gasteiger partial charge in [-0.1, -0.05) is 0 Å². The van der Waals surface area contributed by atoms with Crippen LogP contribution in [0.2, 0.25) is 0 Å². The minimum absolute atomic E-state index is 0.0710. The molecule has 2 heterocycles. The molecule has 1 amide bonds. The predicted molar refractivity (Wildman–Crippen MR) is 68.4 cm³/mol. The van der Waals surface area contributed by atoms with Crippen molar-refractivity contribution in [2.45, 2.75) is 43.9 Å². The van der Waals surface area contributed by atoms with Crippen molar-refractivity contribution in [2.24, 2.45) is 0 Å². The number of carbonyl (C=O) groups excluding carboxylic acids is 2. The first-order valence-corrected chi connectivity index (χ1v) is 7.51. The molecule has 0 aromatic rings. The summed E-state index contributed by atoms with van der Waals surface area (Å²) in [6, 6.07) is -1.44. The van der Waals surface area contributed by atoms with E-state index in [-0.39, 0.29) is 11.1 Å². The molecule has 2 fully saturated rings. The van der Waals surface area contributed by atoms with Crippen LogP contribution >= 0.6 is 0 Å². The van der Waals surface area contributed by atoms with Crippen molar-refractivity contribution in [2.75, 3.05) is 0 Å². The van der Waals surface area contributed by atoms with E-state index in [0.29, 0.717) is 0 Å². The molecule has 2 atom stereocenters. The number of Topliss-reactive ketones (excluding diaryl/α,β-unsaturated/α-hetero) is 1. The molecule has 0 radical (unpaired) electrons. The Balaban J connectivity index is 2.68. The van der Waals surface area contributed by atoms with Gasteiger partial charge in [-0.05, 0) is 27.7 Å². The van der Waals surface area contributed by atoms with Gasteiger partial charge in [-0.25, -0.2) is 13.2 Å². The number of nitrogens with zero attached hydrogens (tertiary/aromatic N) is 1. The average Bonchev–Trinajstić information content (AvgIpc) is 2.43. The second kappa shape index (κ2) is 3.91. The number of carboxylic acid groups (broad SMARTS) is 1. The Labute approximate surface area is 116 Å². The molecule has 110 valence electrons. The molecule has 0 saturated carbocycles. The zero-order valence-corrected chi connectivity index (χ0v) is 12.3. The molecular weight excluding hydrogens is 286 g/mol. The van der Waals surface area contributed by atoms with Crippen LogP contribution in [0.5, 0.6) is 0 Å². The van der Waals surface area contributed by atoms with Crippen LogP contribution in [0, 0.1) is 0 Å². The summed E-state index contributed by atoms with van der Waals surface area (Å²) in [7, 11) is -3.91. The van der Waals surface area contributed by atoms with Gasteiger partial charge in [0.25, 0.3) is 5.91 Å². The maximum atomic E-state index is 12.5. The van der Waals surface area contributed by atoms with Crippen molar-refractivity contribution in [1.29, 1.82) is 0 Å². The molecule has 20 heavy (non-hydrogen) atoms. The summed E-state index contributed by atoms with van der Waals surface area (Å²) < 4.78 is 23.3. The Morgan fingerprint density at radius 3 is 2.15 bits per heavy atom. The van der Waals surface area contributed by atoms with Crippen LogP contribution in [0.4, 0.5) is 0 Å². The molecular formula is C12H15NO6S. The minimum Gasteiger partial charge on any atom is -0.480 e. The molecule has 2 aliphatic heterocycles. The summed E-state index contributed by atoms with van der Waals surface area (Å²) in [5, 5.41) is 7.89. The number of rotatable bonds is 2. The average molecular weight is 301 g/mol. The zero-order chi connectivity index (χ0) is 15.6. The van der Waals surface area contributed by atoms with E-state index in [2.05, 4.69) is 0 Å². The summed E-state index contributed by atoms with van der Waals surface area (Å²) >= 11 is 0. The summed E-state index contributed by atoms with van der Waals surface area (Å²) in [5.41, 5.74) is -0.0315. The second-order valence-electron chi connectivity index (χ2n) is 5.55. The van der Waals surface area contributed by atoms with E-state index < -0.39 is 43.7 Å². The first kappa shape index (κ1) is 14.7. The van der Waals surface area contributed by atoms with Crippen LogP contribution in [0.3, 0.4) is 0 Å². The molecule has 0 unspecified atom stereocenters. The third-order valence-corrected chi connectivity index (χ3v) is 6.83. The number of allylic oxidation sites excluding steroid dienone is 1. The van der Waals surface area contributed by atoms with Crippen LogP contribution in [0.25, 0.3) is 0 Å². The second-order valence-corrected chi connectivity index (χ2v) is 8.14. The Morgan fingerprint density at radius 1 is 1.25 bits per heavy atom. The summed E-state index contributed by atoms with van der Waals surface area (Å²) in [5.74, 6) is -2.46. The number of carbonyl (C=O) groups is 3. The topological polar surface area (TPSA) is 109 Å². The van der Waals surface area contributed by atoms with Crippen molar-refractivity contribution in [1.82, 2.24) is 4.90 Å². The highest BCUT2D eigenvalue weighted by molar-refractivity contribution is 7.94. The first-order valence-electron chi connectivity index (χ1n) is 5.97. The Hall–Kier alpha value is -1.70. The van der Waals surface area contributed by atoms with Crippen molar-refractivity contribution in [3.63, 3.8) is 0 Å². The van der Waals surface area contributed by atoms with Crippen LogP contribution in [0.1, 0.15) is 27.7 Å². The highest BCUT2D eigenvalue weighted by Crippen LogP contribution is 2.49. The van der Waals surface area contributed by atoms with Gasteiger partial charge in [0, 0.05) is 5.57 Å². The number of ketones is 1. The van der Waals surface area contributed by atoms with Gasteiger partial charge in [-0.3, -0.25) is 9.59 Å². The van der Waals surface area contributed by atoms with E-state index in [9.17, 15) is 27.9 Å². The maximum absolute atomic E-state index is 12.5. The normalized spacial score (nSPS) is 32.4. The standard InChI is InChI=1S/C12H15NO6S/c1-5(6(2)14)7-9(15)13-8(11(16)17)12(3,4)20(18,19)10(7)13/h8,10H,1-4H3,(H,16,17)/b7-5-/t8-,10+/m0/s1. The van der Waals surface area contributed by atoms with Crippen LogP contribution < -0.4 is 0 Å². The fourth-order valence-electron chi connectivity index (χ4n) is 2.71. The van der Waals surface area contributed by atoms with E-state index in [0.717, 1.165) is 4.90 Å². The van der Waals surface area contributed by atoms with Crippen molar-refractivity contribution < 1.29 is 27.9 Å². The Morgan fingerprint density at radius 2 is 1.75 bits per heavy atom. The molecule has 2 aliphatic rings. The number of aliphatic carboxylic acids is 1. The summed E-state index contributed by atoms with van der Waals surface area (Å²) in [4.78, 5) is 35.6. The predicted octanol–water partition coefficient (Wildman–Crippen LogP) is -0.280. The van der Waals surface area contributed by atoms with Gasteiger partial charge in [0.1, 0.15) is 4.75 Å². The Kier molecular flexibility index (Phi) is 2.87. The smallest absolute Gasteiger partial charge is 0.328 e. The zero-order valence-electron chi connectivity index (χ0n) is 11.5. The molecule has 0 bridgehead atoms. The highest BCUT2D eigenvalue weighted by Gasteiger charge is 2.70. The van der Waals surface area contributed by atoms with Gasteiger partial charge in [-0.2, -0.15) is 0 Å². The third-order valence-electron chi connectivity index (χ3n) is 4.09. The largest absolute Gasteiger partial charge is 0.480 e. The number of carboxylic acids is 1. The molecule has 0 aromatic heterocycles. The minimum atomic E-state index is -3.91. The van der Waals surface area contributed by atoms with Gasteiger partial charge < -0.3 is 10.0 Å². The fraction of sp³-hybridized carbons (Fsp3) is 0.583. The van der Waals surface area contributed by atoms with E-state index in [4.69, 9.17) is 0 Å². The van der Waals surface area contributed by atoms with Crippen LogP contribution in [0.15, 0.2) is 11.1 Å². The molecule has 2 saturated heterocycles. The third kappa shape index (κ3) is 1.45. The van der Waals surface area contributed by atoms with E-state index in [1.54, 1.807) is 0 Å². The van der Waals surface area contributed by atoms with Crippen molar-refractivity contribution in [3.05, 3.63) is 11.1 Å². The Bertz CT molecular complexity index is 672. The number of β-lactam (4-membered cyclic amide) rings is 1. The summed E-state index contributed by atoms with van der Waals surface area (Å²) in [6.45, 7) is 5.18. The lowest BCUT2D eigenvalue weighted by Crippen LogP contribution is -2.59. The number of hydrogen-bond donors (Lipinski definition) is 1. The molecule has 0 aromatic carbocycles. The number of sulfone groups is 1. The molecule has 0 aliphatic carbocycles. The number of fused-ring (bicyclic) bond motifs is 1. The lowest BCUT2D eigenvalue weighted by molar-refractivity contribution is -0.152. The van der Waals surface area contributed by atoms with E-state index in [1.807, 2.05) is 0 Å². The van der Waals surface area contributed by atoms with Gasteiger partial charge in [0.15, 0.2) is 27.0 Å². The van der Waals surface area contributed by atoms with Crippen molar-refractivity contribution >= 4 is 27.5 Å². The van der Waals surface area contributed by atoms with Crippen LogP contribution in [-0.4, -0.2) is 52.2 Å². The van der Waals surface area contributed by atoms with Gasteiger partial charge in [0.2, 0.25) is 0 Å². The quantitative estimate of drug-likeness (QED) is 0.555. The van der Waals surface area contributed by atoms with E-state index in [1.165, 1.54) is 27.7 Å². The SMILES string of the molecule is CC(=O)/C(C)=C1/C(=O)N2[C@@H](C(=O)O)C(C)(C)S(=O)(=O)[C@H]12. The molecule has 0 spiro atoms. The van der Waals surface area contributed by atoms with E-state index >= 15 is 0 Å². The van der Waals surface area contributed by atoms with Gasteiger partial charge >= 0.3 is 5.97 Å². The number of hydrogen-bond acceptors (Lipinski definition) is 5. The molecule has 2 rings (SSSR count). The monoisotopic (exact) mass is 301 g/mol. The molecule has 8 heteroatoms. The van der Waals surface area contributed by atoms with Crippen molar-refractivity contribution in [3.8, 4) is 0 Å². The maximum Gasteiger partial charge on any atom is 0.328 e. The highest BCUT2D eigenvalue weighted by atomic mass is 32.2. The van der Waals surface area contributed by atoms with Gasteiger partial charge in [0.05, 0.1) is 5.57 Å². The fourth-order valence-corrected chi connectivity index (χ4v) is 4.92. The lowest BCUT2D eigenvalue weighted by atomic mass is 9.92.